The third kappa shape index (κ3) is 10.5. The Morgan fingerprint density at radius 2 is 1.42 bits per heavy atom. The summed E-state index contributed by atoms with van der Waals surface area (Å²) < 4.78 is 11.6. The average Bonchev–Trinajstić information content (AvgIpc) is 2.68. The second-order valence-electron chi connectivity index (χ2n) is 11.8. The maximum Gasteiger partial charge on any atom is 0.435 e. The molecule has 196 valence electrons. The summed E-state index contributed by atoms with van der Waals surface area (Å²) in [7, 11) is 0. The molecule has 0 atom stereocenters. The van der Waals surface area contributed by atoms with Gasteiger partial charge in [-0.3, -0.25) is 5.32 Å². The van der Waals surface area contributed by atoms with Gasteiger partial charge in [0.25, 0.3) is 0 Å². The van der Waals surface area contributed by atoms with E-state index in [2.05, 4.69) is 83.4 Å². The molecular weight excluding hydrogens is 520 g/mol. The number of halogens is 1. The number of benzene rings is 2. The van der Waals surface area contributed by atoms with Gasteiger partial charge in [0.15, 0.2) is 0 Å². The van der Waals surface area contributed by atoms with Gasteiger partial charge in [0.1, 0.15) is 17.0 Å². The maximum absolute atomic E-state index is 12.4. The Hall–Kier alpha value is -2.67. The molecule has 6 nitrogen and oxygen atoms in total. The first-order valence-corrected chi connectivity index (χ1v) is 12.9. The van der Waals surface area contributed by atoms with Gasteiger partial charge in [0.2, 0.25) is 0 Å². The van der Waals surface area contributed by atoms with E-state index in [0.29, 0.717) is 12.8 Å². The van der Waals surface area contributed by atoms with E-state index in [1.165, 1.54) is 5.56 Å². The molecule has 0 aliphatic carbocycles. The van der Waals surface area contributed by atoms with Crippen molar-refractivity contribution in [2.24, 2.45) is 4.99 Å². The normalized spacial score (nSPS) is 12.8. The Balaban J connectivity index is 2.25. The van der Waals surface area contributed by atoms with Gasteiger partial charge in [-0.25, -0.2) is 9.59 Å². The van der Waals surface area contributed by atoms with Gasteiger partial charge in [0.05, 0.1) is 0 Å². The van der Waals surface area contributed by atoms with Crippen molar-refractivity contribution < 1.29 is 19.1 Å². The summed E-state index contributed by atoms with van der Waals surface area (Å²) in [4.78, 5) is 28.7. The highest BCUT2D eigenvalue weighted by atomic mass is 79.9. The Kier molecular flexibility index (Phi) is 9.52. The van der Waals surface area contributed by atoms with Gasteiger partial charge in [-0.2, -0.15) is 4.99 Å². The standard InChI is InChI=1S/C29H39BrN2O4/c1-27(2,3)22-13-11-20(12-14-22)21-16-19(17-23(30)18-21)10-15-24(31-25(33)35-28(4,5)6)32-26(34)36-29(7,8)9/h11-14,16-18H,10,15H2,1-9H3,(H,31,32,33,34). The van der Waals surface area contributed by atoms with E-state index in [1.807, 2.05) is 6.07 Å². The number of nitrogens with zero attached hydrogens (tertiary/aromatic N) is 1. The molecule has 0 bridgehead atoms. The number of hydrogen-bond donors (Lipinski definition) is 1. The number of rotatable bonds is 4. The van der Waals surface area contributed by atoms with Crippen molar-refractivity contribution in [2.75, 3.05) is 0 Å². The average molecular weight is 560 g/mol. The zero-order valence-electron chi connectivity index (χ0n) is 22.9. The van der Waals surface area contributed by atoms with E-state index in [1.54, 1.807) is 41.5 Å². The number of carbonyl (C=O) groups excluding carboxylic acids is 2. The van der Waals surface area contributed by atoms with E-state index in [-0.39, 0.29) is 11.3 Å². The minimum atomic E-state index is -0.762. The van der Waals surface area contributed by atoms with E-state index in [9.17, 15) is 9.59 Å². The molecule has 36 heavy (non-hydrogen) atoms. The highest BCUT2D eigenvalue weighted by Gasteiger charge is 2.20. The molecule has 2 aromatic rings. The van der Waals surface area contributed by atoms with Crippen LogP contribution in [0.15, 0.2) is 51.9 Å². The zero-order chi connectivity index (χ0) is 27.3. The fraction of sp³-hybridized carbons (Fsp3) is 0.483. The number of carbonyl (C=O) groups is 2. The lowest BCUT2D eigenvalue weighted by atomic mass is 9.86. The molecule has 0 saturated heterocycles. The molecular formula is C29H39BrN2O4. The van der Waals surface area contributed by atoms with Crippen molar-refractivity contribution in [3.63, 3.8) is 0 Å². The Bertz CT molecular complexity index is 1100. The summed E-state index contributed by atoms with van der Waals surface area (Å²) in [5.41, 5.74) is 3.21. The molecule has 2 amide bonds. The topological polar surface area (TPSA) is 77.0 Å². The molecule has 0 unspecified atom stereocenters. The summed E-state index contributed by atoms with van der Waals surface area (Å²) in [6.07, 6.45) is -0.567. The number of hydrogen-bond acceptors (Lipinski definition) is 4. The van der Waals surface area contributed by atoms with Gasteiger partial charge in [-0.1, -0.05) is 67.0 Å². The summed E-state index contributed by atoms with van der Waals surface area (Å²) in [6.45, 7) is 17.2. The van der Waals surface area contributed by atoms with Gasteiger partial charge >= 0.3 is 12.2 Å². The molecule has 0 saturated carbocycles. The van der Waals surface area contributed by atoms with Gasteiger partial charge in [-0.05, 0) is 87.8 Å². The van der Waals surface area contributed by atoms with Crippen LogP contribution in [-0.2, 0) is 21.3 Å². The predicted octanol–water partition coefficient (Wildman–Crippen LogP) is 8.20. The van der Waals surface area contributed by atoms with Crippen molar-refractivity contribution in [1.29, 1.82) is 0 Å². The van der Waals surface area contributed by atoms with Crippen LogP contribution in [0.3, 0.4) is 0 Å². The molecule has 7 heteroatoms. The molecule has 0 aliphatic heterocycles. The largest absolute Gasteiger partial charge is 0.444 e. The minimum absolute atomic E-state index is 0.0893. The smallest absolute Gasteiger partial charge is 0.435 e. The Labute approximate surface area is 224 Å². The van der Waals surface area contributed by atoms with Crippen molar-refractivity contribution in [3.05, 3.63) is 58.1 Å². The minimum Gasteiger partial charge on any atom is -0.444 e. The third-order valence-electron chi connectivity index (χ3n) is 4.96. The predicted molar refractivity (Wildman–Crippen MR) is 150 cm³/mol. The number of amidine groups is 1. The quantitative estimate of drug-likeness (QED) is 0.303. The zero-order valence-corrected chi connectivity index (χ0v) is 24.5. The second kappa shape index (κ2) is 11.6. The lowest BCUT2D eigenvalue weighted by molar-refractivity contribution is 0.0561. The summed E-state index contributed by atoms with van der Waals surface area (Å²) in [6, 6.07) is 14.8. The number of nitrogens with one attached hydrogen (secondary N) is 1. The molecule has 0 heterocycles. The van der Waals surface area contributed by atoms with Crippen molar-refractivity contribution in [1.82, 2.24) is 5.32 Å². The van der Waals surface area contributed by atoms with Crippen LogP contribution < -0.4 is 5.32 Å². The van der Waals surface area contributed by atoms with E-state index < -0.39 is 23.4 Å². The number of aliphatic imine (C=N–C) groups is 1. The Morgan fingerprint density at radius 3 is 1.94 bits per heavy atom. The first-order valence-electron chi connectivity index (χ1n) is 12.1. The number of alkyl carbamates (subject to hydrolysis) is 1. The first kappa shape index (κ1) is 29.6. The summed E-state index contributed by atoms with van der Waals surface area (Å²) in [5.74, 6) is 0.189. The van der Waals surface area contributed by atoms with Crippen molar-refractivity contribution in [2.45, 2.75) is 91.8 Å². The van der Waals surface area contributed by atoms with Crippen LogP contribution in [0.2, 0.25) is 0 Å². The SMILES string of the molecule is CC(C)(C)OC(=O)N=C(CCc1cc(Br)cc(-c2ccc(C(C)(C)C)cc2)c1)NC(=O)OC(C)(C)C. The summed E-state index contributed by atoms with van der Waals surface area (Å²) in [5, 5.41) is 2.62. The monoisotopic (exact) mass is 558 g/mol. The molecule has 0 aliphatic rings. The first-order chi connectivity index (χ1) is 16.4. The van der Waals surface area contributed by atoms with Crippen LogP contribution in [-0.4, -0.2) is 29.2 Å². The molecule has 1 N–H and O–H groups in total. The lowest BCUT2D eigenvalue weighted by Crippen LogP contribution is -2.37. The van der Waals surface area contributed by atoms with Crippen molar-refractivity contribution >= 4 is 34.0 Å². The molecule has 2 rings (SSSR count). The number of ether oxygens (including phenoxy) is 2. The highest BCUT2D eigenvalue weighted by Crippen LogP contribution is 2.29. The number of amides is 2. The lowest BCUT2D eigenvalue weighted by Gasteiger charge is -2.21. The van der Waals surface area contributed by atoms with Crippen LogP contribution in [0.4, 0.5) is 9.59 Å². The molecule has 0 radical (unpaired) electrons. The van der Waals surface area contributed by atoms with Gasteiger partial charge in [0, 0.05) is 10.9 Å². The van der Waals surface area contributed by atoms with E-state index >= 15 is 0 Å². The molecule has 0 aromatic heterocycles. The highest BCUT2D eigenvalue weighted by molar-refractivity contribution is 9.10. The van der Waals surface area contributed by atoms with Crippen LogP contribution in [0.25, 0.3) is 11.1 Å². The number of aryl methyl sites for hydroxylation is 1. The molecule has 0 spiro atoms. The van der Waals surface area contributed by atoms with Gasteiger partial charge in [-0.15, -0.1) is 0 Å². The van der Waals surface area contributed by atoms with Crippen molar-refractivity contribution in [3.8, 4) is 11.1 Å². The van der Waals surface area contributed by atoms with E-state index in [0.717, 1.165) is 21.2 Å². The van der Waals surface area contributed by atoms with Gasteiger partial charge < -0.3 is 9.47 Å². The van der Waals surface area contributed by atoms with Crippen LogP contribution in [0, 0.1) is 0 Å². The second-order valence-corrected chi connectivity index (χ2v) is 12.8. The fourth-order valence-corrected chi connectivity index (χ4v) is 3.89. The molecule has 0 fully saturated rings. The Morgan fingerprint density at radius 1 is 0.833 bits per heavy atom. The van der Waals surface area contributed by atoms with Crippen LogP contribution >= 0.6 is 15.9 Å². The molecule has 2 aromatic carbocycles. The van der Waals surface area contributed by atoms with E-state index in [4.69, 9.17) is 9.47 Å². The third-order valence-corrected chi connectivity index (χ3v) is 5.42. The van der Waals surface area contributed by atoms with Crippen LogP contribution in [0.5, 0.6) is 0 Å². The van der Waals surface area contributed by atoms with Crippen LogP contribution in [0.1, 0.15) is 79.9 Å². The summed E-state index contributed by atoms with van der Waals surface area (Å²) >= 11 is 3.62. The maximum atomic E-state index is 12.4. The fourth-order valence-electron chi connectivity index (χ4n) is 3.35.